The van der Waals surface area contributed by atoms with E-state index in [2.05, 4.69) is 53.7 Å². The maximum atomic E-state index is 9.53. The van der Waals surface area contributed by atoms with Crippen molar-refractivity contribution in [3.8, 4) is 16.8 Å². The highest BCUT2D eigenvalue weighted by Gasteiger charge is 2.41. The predicted molar refractivity (Wildman–Crippen MR) is 266 cm³/mol. The summed E-state index contributed by atoms with van der Waals surface area (Å²) in [6, 6.07) is 33.1. The Hall–Kier alpha value is -8.09. The van der Waals surface area contributed by atoms with E-state index in [4.69, 9.17) is 18.2 Å². The van der Waals surface area contributed by atoms with E-state index in [9.17, 15) is 5.48 Å². The Morgan fingerprint density at radius 3 is 1.81 bits per heavy atom. The Bertz CT molecular complexity index is 4140. The van der Waals surface area contributed by atoms with E-state index in [1.807, 2.05) is 98.8 Å². The van der Waals surface area contributed by atoms with E-state index < -0.39 is 41.7 Å². The molecule has 7 aromatic carbocycles. The molecule has 0 amide bonds. The fraction of sp³-hybridized carbons (Fsp3) is 0.0862. The van der Waals surface area contributed by atoms with Crippen LogP contribution in [0.3, 0.4) is 0 Å². The van der Waals surface area contributed by atoms with Gasteiger partial charge in [0, 0.05) is 73.0 Å². The van der Waals surface area contributed by atoms with Gasteiger partial charge < -0.3 is 14.4 Å². The van der Waals surface area contributed by atoms with Gasteiger partial charge in [0.2, 0.25) is 0 Å². The van der Waals surface area contributed by atoms with Crippen LogP contribution in [0.2, 0.25) is 0 Å². The van der Waals surface area contributed by atoms with Gasteiger partial charge in [0.1, 0.15) is 0 Å². The van der Waals surface area contributed by atoms with Gasteiger partial charge in [0.05, 0.1) is 59.9 Å². The van der Waals surface area contributed by atoms with Gasteiger partial charge in [-0.15, -0.1) is 0 Å². The third-order valence-electron chi connectivity index (χ3n) is 12.5. The lowest BCUT2D eigenvalue weighted by Gasteiger charge is -2.29. The first-order valence-corrected chi connectivity index (χ1v) is 21.1. The van der Waals surface area contributed by atoms with Gasteiger partial charge in [-0.3, -0.25) is 15.0 Å². The number of anilines is 6. The Morgan fingerprint density at radius 1 is 0.516 bits per heavy atom. The van der Waals surface area contributed by atoms with Gasteiger partial charge in [-0.25, -0.2) is 0 Å². The molecule has 11 aromatic rings. The number of fused-ring (bicyclic) bond motifs is 12. The van der Waals surface area contributed by atoms with Gasteiger partial charge in [-0.05, 0) is 120 Å². The molecule has 0 aliphatic heterocycles. The van der Waals surface area contributed by atoms with Crippen LogP contribution in [0.4, 0.5) is 34.1 Å². The van der Waals surface area contributed by atoms with E-state index in [0.29, 0.717) is 22.7 Å². The molecular weight excluding hydrogens is 781 g/mol. The average molecular weight is 835 g/mol. The SMILES string of the molecule is [2H]c1c([2H])c([2H])c(N(c2ccc(C)nc2)c2ccc3c(c2)c2ccccc2c2c4c(N(c5ccc(C)nc5)c5c([2H])c([2H])c([2H])c([2H])c5[2H])cc5c(c4n(-c4ccccc4)c32)-c2cccnc2C5(C)C)c([2H])c1[2H]. The largest absolute Gasteiger partial charge is 0.309 e. The number of aryl methyl sites for hydroxylation is 2. The molecule has 0 N–H and O–H groups in total. The fourth-order valence-electron chi connectivity index (χ4n) is 9.72. The molecule has 306 valence electrons. The summed E-state index contributed by atoms with van der Waals surface area (Å²) < 4.78 is 92.2. The van der Waals surface area contributed by atoms with Crippen LogP contribution in [-0.2, 0) is 5.41 Å². The minimum absolute atomic E-state index is 0.0294. The normalized spacial score (nSPS) is 15.0. The summed E-state index contributed by atoms with van der Waals surface area (Å²) in [5, 5.41) is 4.87. The minimum Gasteiger partial charge on any atom is -0.309 e. The van der Waals surface area contributed by atoms with E-state index in [-0.39, 0.29) is 35.5 Å². The zero-order valence-electron chi connectivity index (χ0n) is 45.4. The number of aromatic nitrogens is 4. The maximum Gasteiger partial charge on any atom is 0.0645 e. The molecule has 0 atom stereocenters. The van der Waals surface area contributed by atoms with Gasteiger partial charge in [0.15, 0.2) is 0 Å². The summed E-state index contributed by atoms with van der Waals surface area (Å²) >= 11 is 0. The standard InChI is InChI=1S/C58H44N6/c1-37-26-28-43(35-60-37)62(39-17-8-5-9-18-39)42-30-31-47-49(33-42)45-23-14-15-24-46(45)53-54-51(63(40-19-10-6-11-20-40)44-29-27-38(2)61-36-44)34-50-52(48-25-16-32-59-57(48)58(50,3)4)56(54)64(55(47)53)41-21-12-7-13-22-41/h5-36H,1-4H3/i5D,6D,8D,9D,10D,11D,17D,18D,19D,20D. The Morgan fingerprint density at radius 2 is 1.14 bits per heavy atom. The topological polar surface area (TPSA) is 50.1 Å². The first kappa shape index (κ1) is 28.5. The van der Waals surface area contributed by atoms with Crippen molar-refractivity contribution >= 4 is 77.5 Å². The monoisotopic (exact) mass is 834 g/mol. The molecule has 6 nitrogen and oxygen atoms in total. The molecule has 4 aromatic heterocycles. The third-order valence-corrected chi connectivity index (χ3v) is 12.5. The van der Waals surface area contributed by atoms with E-state index >= 15 is 0 Å². The lowest BCUT2D eigenvalue weighted by atomic mass is 9.84. The van der Waals surface area contributed by atoms with Crippen molar-refractivity contribution in [2.24, 2.45) is 0 Å². The van der Waals surface area contributed by atoms with Crippen molar-refractivity contribution in [3.05, 3.63) is 217 Å². The van der Waals surface area contributed by atoms with Crippen LogP contribution in [0.15, 0.2) is 194 Å². The molecule has 0 spiro atoms. The van der Waals surface area contributed by atoms with E-state index in [1.54, 1.807) is 28.4 Å². The number of nitrogens with zero attached hydrogens (tertiary/aromatic N) is 6. The highest BCUT2D eigenvalue weighted by molar-refractivity contribution is 6.36. The van der Waals surface area contributed by atoms with Crippen molar-refractivity contribution in [3.63, 3.8) is 0 Å². The second-order valence-electron chi connectivity index (χ2n) is 16.7. The molecule has 0 bridgehead atoms. The summed E-state index contributed by atoms with van der Waals surface area (Å²) in [6.45, 7) is 8.00. The zero-order chi connectivity index (χ0) is 51.8. The summed E-state index contributed by atoms with van der Waals surface area (Å²) in [5.41, 5.74) is 8.90. The van der Waals surface area contributed by atoms with Crippen molar-refractivity contribution in [2.75, 3.05) is 9.80 Å². The van der Waals surface area contributed by atoms with Gasteiger partial charge >= 0.3 is 0 Å². The summed E-state index contributed by atoms with van der Waals surface area (Å²) in [5.74, 6) is 0. The smallest absolute Gasteiger partial charge is 0.0645 e. The molecule has 0 unspecified atom stereocenters. The van der Waals surface area contributed by atoms with Crippen LogP contribution in [0, 0.1) is 13.8 Å². The quantitative estimate of drug-likeness (QED) is 0.150. The van der Waals surface area contributed by atoms with Crippen molar-refractivity contribution in [2.45, 2.75) is 33.1 Å². The molecule has 0 fully saturated rings. The first-order valence-electron chi connectivity index (χ1n) is 26.1. The van der Waals surface area contributed by atoms with Crippen LogP contribution < -0.4 is 9.80 Å². The highest BCUT2D eigenvalue weighted by atomic mass is 15.2. The number of benzene rings is 7. The van der Waals surface area contributed by atoms with Gasteiger partial charge in [-0.1, -0.05) is 105 Å². The maximum absolute atomic E-state index is 9.53. The molecule has 4 heterocycles. The highest BCUT2D eigenvalue weighted by Crippen LogP contribution is 2.57. The van der Waals surface area contributed by atoms with E-state index in [1.165, 1.54) is 0 Å². The Labute approximate surface area is 386 Å². The molecule has 1 aliphatic rings. The number of rotatable bonds is 7. The van der Waals surface area contributed by atoms with Gasteiger partial charge in [-0.2, -0.15) is 0 Å². The second kappa shape index (κ2) is 14.5. The van der Waals surface area contributed by atoms with Crippen molar-refractivity contribution in [1.82, 2.24) is 19.5 Å². The number of para-hydroxylation sites is 3. The van der Waals surface area contributed by atoms with Crippen molar-refractivity contribution in [1.29, 1.82) is 0 Å². The van der Waals surface area contributed by atoms with Gasteiger partial charge in [0.25, 0.3) is 0 Å². The first-order chi connectivity index (χ1) is 35.5. The van der Waals surface area contributed by atoms with Crippen LogP contribution in [0.1, 0.15) is 50.2 Å². The second-order valence-corrected chi connectivity index (χ2v) is 16.7. The number of hydrogen-bond donors (Lipinski definition) is 0. The molecule has 1 aliphatic carbocycles. The van der Waals surface area contributed by atoms with Crippen LogP contribution >= 0.6 is 0 Å². The minimum atomic E-state index is -0.680. The zero-order valence-corrected chi connectivity index (χ0v) is 35.4. The Balaban J connectivity index is 1.31. The molecule has 12 rings (SSSR count). The molecular formula is C58H44N6. The van der Waals surface area contributed by atoms with Crippen LogP contribution in [-0.4, -0.2) is 19.5 Å². The van der Waals surface area contributed by atoms with Crippen LogP contribution in [0.5, 0.6) is 0 Å². The predicted octanol–water partition coefficient (Wildman–Crippen LogP) is 15.1. The van der Waals surface area contributed by atoms with Crippen molar-refractivity contribution < 1.29 is 13.7 Å². The molecule has 64 heavy (non-hydrogen) atoms. The van der Waals surface area contributed by atoms with E-state index in [0.717, 1.165) is 82.8 Å². The average Bonchev–Trinajstić information content (AvgIpc) is 4.01. The number of hydrogen-bond acceptors (Lipinski definition) is 5. The fourth-order valence-corrected chi connectivity index (χ4v) is 9.72. The molecule has 6 heteroatoms. The molecule has 0 saturated heterocycles. The lowest BCUT2D eigenvalue weighted by molar-refractivity contribution is 0.637. The molecule has 0 saturated carbocycles. The number of pyridine rings is 3. The summed E-state index contributed by atoms with van der Waals surface area (Å²) in [7, 11) is 0. The Kier molecular flexibility index (Phi) is 6.46. The molecule has 0 radical (unpaired) electrons. The summed E-state index contributed by atoms with van der Waals surface area (Å²) in [4.78, 5) is 17.8. The summed E-state index contributed by atoms with van der Waals surface area (Å²) in [6.07, 6.45) is 5.11. The lowest BCUT2D eigenvalue weighted by Crippen LogP contribution is -2.18. The third kappa shape index (κ3) is 5.69. The van der Waals surface area contributed by atoms with Crippen LogP contribution in [0.25, 0.3) is 60.2 Å².